The van der Waals surface area contributed by atoms with Gasteiger partial charge in [0.15, 0.2) is 0 Å². The summed E-state index contributed by atoms with van der Waals surface area (Å²) in [5.41, 5.74) is 2.93. The molecule has 0 aliphatic rings. The fourth-order valence-corrected chi connectivity index (χ4v) is 6.79. The Morgan fingerprint density at radius 2 is 1.53 bits per heavy atom. The average molecular weight is 711 g/mol. The molecule has 2 atom stereocenters. The predicted octanol–water partition coefficient (Wildman–Crippen LogP) is 7.16. The number of hydrogen-bond donors (Lipinski definition) is 1. The molecule has 45 heavy (non-hydrogen) atoms. The van der Waals surface area contributed by atoms with Gasteiger partial charge in [-0.3, -0.25) is 13.9 Å². The Morgan fingerprint density at radius 3 is 2.16 bits per heavy atom. The minimum atomic E-state index is -4.20. The van der Waals surface area contributed by atoms with Crippen molar-refractivity contribution in [1.82, 2.24) is 10.2 Å². The number of anilines is 1. The van der Waals surface area contributed by atoms with Gasteiger partial charge < -0.3 is 10.2 Å². The Kier molecular flexibility index (Phi) is 11.8. The number of halogens is 2. The molecule has 2 unspecified atom stereocenters. The molecule has 0 bridgehead atoms. The first-order valence-corrected chi connectivity index (χ1v) is 17.3. The molecule has 0 aliphatic heterocycles. The SMILES string of the molecule is CCC(C)NC(=O)C(Cc1ccccc1)N(Cc1cccc(Br)c1)C(=O)CN(c1ccc(C)cc1)S(=O)(=O)c1ccc(Cl)cc1. The van der Waals surface area contributed by atoms with E-state index in [-0.39, 0.29) is 29.8 Å². The zero-order chi connectivity index (χ0) is 32.6. The number of hydrogen-bond acceptors (Lipinski definition) is 4. The molecule has 1 N–H and O–H groups in total. The third kappa shape index (κ3) is 9.19. The molecule has 0 saturated heterocycles. The predicted molar refractivity (Wildman–Crippen MR) is 184 cm³/mol. The Morgan fingerprint density at radius 1 is 0.889 bits per heavy atom. The zero-order valence-corrected chi connectivity index (χ0v) is 28.6. The number of nitrogens with one attached hydrogen (secondary N) is 1. The molecule has 236 valence electrons. The van der Waals surface area contributed by atoms with Crippen LogP contribution in [0.25, 0.3) is 0 Å². The van der Waals surface area contributed by atoms with Crippen LogP contribution in [0.5, 0.6) is 0 Å². The second-order valence-electron chi connectivity index (χ2n) is 11.0. The van der Waals surface area contributed by atoms with Crippen molar-refractivity contribution >= 4 is 55.1 Å². The van der Waals surface area contributed by atoms with Crippen molar-refractivity contribution in [2.75, 3.05) is 10.8 Å². The number of aryl methyl sites for hydroxylation is 1. The molecule has 0 saturated carbocycles. The average Bonchev–Trinajstić information content (AvgIpc) is 3.02. The first-order chi connectivity index (χ1) is 21.5. The van der Waals surface area contributed by atoms with Crippen molar-refractivity contribution in [2.24, 2.45) is 0 Å². The maximum absolute atomic E-state index is 14.5. The van der Waals surface area contributed by atoms with Crippen molar-refractivity contribution in [3.05, 3.63) is 129 Å². The van der Waals surface area contributed by atoms with Crippen LogP contribution < -0.4 is 9.62 Å². The van der Waals surface area contributed by atoms with Gasteiger partial charge in [0.25, 0.3) is 10.0 Å². The second kappa shape index (κ2) is 15.6. The molecule has 0 spiro atoms. The molecule has 0 aliphatic carbocycles. The van der Waals surface area contributed by atoms with Crippen LogP contribution in [0, 0.1) is 6.92 Å². The van der Waals surface area contributed by atoms with Crippen molar-refractivity contribution in [3.63, 3.8) is 0 Å². The molecular formula is C35H37BrClN3O4S. The minimum Gasteiger partial charge on any atom is -0.352 e. The molecule has 7 nitrogen and oxygen atoms in total. The van der Waals surface area contributed by atoms with E-state index in [0.717, 1.165) is 25.5 Å². The van der Waals surface area contributed by atoms with Crippen LogP contribution in [0.15, 0.2) is 112 Å². The summed E-state index contributed by atoms with van der Waals surface area (Å²) in [6.45, 7) is 5.35. The van der Waals surface area contributed by atoms with Crippen LogP contribution in [-0.4, -0.2) is 43.8 Å². The highest BCUT2D eigenvalue weighted by atomic mass is 79.9. The lowest BCUT2D eigenvalue weighted by Crippen LogP contribution is -2.54. The summed E-state index contributed by atoms with van der Waals surface area (Å²) in [6.07, 6.45) is 0.960. The standard InChI is InChI=1S/C35H37BrClN3O4S/c1-4-26(3)38-35(42)33(22-27-9-6-5-7-10-27)39(23-28-11-8-12-29(36)21-28)34(41)24-40(31-17-13-25(2)14-18-31)45(43,44)32-19-15-30(37)16-20-32/h5-21,26,33H,4,22-24H2,1-3H3,(H,38,42). The van der Waals surface area contributed by atoms with E-state index in [2.05, 4.69) is 21.2 Å². The molecule has 0 radical (unpaired) electrons. The van der Waals surface area contributed by atoms with Crippen molar-refractivity contribution < 1.29 is 18.0 Å². The highest BCUT2D eigenvalue weighted by Gasteiger charge is 2.35. The summed E-state index contributed by atoms with van der Waals surface area (Å²) in [5.74, 6) is -0.827. The van der Waals surface area contributed by atoms with Gasteiger partial charge in [-0.15, -0.1) is 0 Å². The van der Waals surface area contributed by atoms with Crippen molar-refractivity contribution in [2.45, 2.75) is 57.1 Å². The molecule has 4 rings (SSSR count). The number of benzene rings is 4. The van der Waals surface area contributed by atoms with Crippen LogP contribution in [0.2, 0.25) is 5.02 Å². The van der Waals surface area contributed by atoms with Crippen LogP contribution in [0.1, 0.15) is 37.0 Å². The molecule has 0 heterocycles. The normalized spacial score (nSPS) is 12.6. The van der Waals surface area contributed by atoms with Crippen molar-refractivity contribution in [1.29, 1.82) is 0 Å². The lowest BCUT2D eigenvalue weighted by molar-refractivity contribution is -0.140. The summed E-state index contributed by atoms with van der Waals surface area (Å²) < 4.78 is 30.1. The largest absolute Gasteiger partial charge is 0.352 e. The molecule has 4 aromatic carbocycles. The van der Waals surface area contributed by atoms with Crippen LogP contribution in [-0.2, 0) is 32.6 Å². The first kappa shape index (κ1) is 34.2. The van der Waals surface area contributed by atoms with Crippen LogP contribution >= 0.6 is 27.5 Å². The highest BCUT2D eigenvalue weighted by molar-refractivity contribution is 9.10. The van der Waals surface area contributed by atoms with E-state index in [0.29, 0.717) is 17.1 Å². The molecular weight excluding hydrogens is 674 g/mol. The number of nitrogens with zero attached hydrogens (tertiary/aromatic N) is 2. The van der Waals surface area contributed by atoms with Gasteiger partial charge in [-0.05, 0) is 79.9 Å². The van der Waals surface area contributed by atoms with Gasteiger partial charge in [0, 0.05) is 28.5 Å². The Hall–Kier alpha value is -3.66. The van der Waals surface area contributed by atoms with Gasteiger partial charge in [0.05, 0.1) is 10.6 Å². The van der Waals surface area contributed by atoms with E-state index in [9.17, 15) is 18.0 Å². The van der Waals surface area contributed by atoms with Gasteiger partial charge in [0.1, 0.15) is 12.6 Å². The summed E-state index contributed by atoms with van der Waals surface area (Å²) in [4.78, 5) is 29.9. The fourth-order valence-electron chi connectivity index (χ4n) is 4.80. The van der Waals surface area contributed by atoms with Crippen LogP contribution in [0.3, 0.4) is 0 Å². The smallest absolute Gasteiger partial charge is 0.264 e. The lowest BCUT2D eigenvalue weighted by Gasteiger charge is -2.34. The van der Waals surface area contributed by atoms with Crippen molar-refractivity contribution in [3.8, 4) is 0 Å². The summed E-state index contributed by atoms with van der Waals surface area (Å²) in [7, 11) is -4.20. The van der Waals surface area contributed by atoms with E-state index in [4.69, 9.17) is 11.6 Å². The highest BCUT2D eigenvalue weighted by Crippen LogP contribution is 2.26. The van der Waals surface area contributed by atoms with E-state index < -0.39 is 28.5 Å². The minimum absolute atomic E-state index is 0.00540. The quantitative estimate of drug-likeness (QED) is 0.160. The molecule has 10 heteroatoms. The van der Waals surface area contributed by atoms with Gasteiger partial charge in [-0.2, -0.15) is 0 Å². The Labute approximate surface area is 279 Å². The summed E-state index contributed by atoms with van der Waals surface area (Å²) in [6, 6.07) is 28.7. The first-order valence-electron chi connectivity index (χ1n) is 14.7. The van der Waals surface area contributed by atoms with E-state index >= 15 is 0 Å². The summed E-state index contributed by atoms with van der Waals surface area (Å²) in [5, 5.41) is 3.44. The van der Waals surface area contributed by atoms with Gasteiger partial charge in [-0.1, -0.05) is 94.6 Å². The number of rotatable bonds is 13. The second-order valence-corrected chi connectivity index (χ2v) is 14.2. The number of amides is 2. The Balaban J connectivity index is 1.80. The molecule has 2 amide bonds. The van der Waals surface area contributed by atoms with E-state index in [1.54, 1.807) is 24.3 Å². The Bertz CT molecular complexity index is 1700. The number of carbonyl (C=O) groups is 2. The zero-order valence-electron chi connectivity index (χ0n) is 25.5. The third-order valence-corrected chi connectivity index (χ3v) is 10.0. The molecule has 0 fully saturated rings. The van der Waals surface area contributed by atoms with Gasteiger partial charge in [0.2, 0.25) is 11.8 Å². The fraction of sp³-hybridized carbons (Fsp3) is 0.257. The molecule has 0 aromatic heterocycles. The summed E-state index contributed by atoms with van der Waals surface area (Å²) >= 11 is 9.56. The monoisotopic (exact) mass is 709 g/mol. The lowest BCUT2D eigenvalue weighted by atomic mass is 10.0. The van der Waals surface area contributed by atoms with E-state index in [1.165, 1.54) is 29.2 Å². The maximum Gasteiger partial charge on any atom is 0.264 e. The molecule has 4 aromatic rings. The van der Waals surface area contributed by atoms with Gasteiger partial charge in [-0.25, -0.2) is 8.42 Å². The number of carbonyl (C=O) groups excluding carboxylic acids is 2. The maximum atomic E-state index is 14.5. The topological polar surface area (TPSA) is 86.8 Å². The third-order valence-electron chi connectivity index (χ3n) is 7.52. The van der Waals surface area contributed by atoms with E-state index in [1.807, 2.05) is 75.4 Å². The van der Waals surface area contributed by atoms with Gasteiger partial charge >= 0.3 is 0 Å². The van der Waals surface area contributed by atoms with Crippen LogP contribution in [0.4, 0.5) is 5.69 Å². The number of sulfonamides is 1.